The molecule has 0 unspecified atom stereocenters. The van der Waals surface area contributed by atoms with Gasteiger partial charge < -0.3 is 0 Å². The minimum Gasteiger partial charge on any atom is -0.224 e. The van der Waals surface area contributed by atoms with E-state index in [4.69, 9.17) is 11.6 Å². The van der Waals surface area contributed by atoms with Crippen LogP contribution in [0.5, 0.6) is 0 Å². The topological polar surface area (TPSA) is 34.1 Å². The first-order valence-corrected chi connectivity index (χ1v) is 7.33. The SMILES string of the molecule is CS(=O)(=O)c1ccc[c]c1-c1ccc(Cl)c(F)c1. The zero-order valence-electron chi connectivity index (χ0n) is 9.44. The van der Waals surface area contributed by atoms with E-state index in [0.29, 0.717) is 11.1 Å². The molecular weight excluding hydrogens is 275 g/mol. The van der Waals surface area contributed by atoms with Gasteiger partial charge in [0.25, 0.3) is 0 Å². The molecule has 0 spiro atoms. The van der Waals surface area contributed by atoms with Crippen LogP contribution in [0.2, 0.25) is 5.02 Å². The second-order valence-corrected chi connectivity index (χ2v) is 6.20. The van der Waals surface area contributed by atoms with Gasteiger partial charge >= 0.3 is 0 Å². The highest BCUT2D eigenvalue weighted by Gasteiger charge is 2.15. The fourth-order valence-electron chi connectivity index (χ4n) is 1.61. The van der Waals surface area contributed by atoms with E-state index in [1.165, 1.54) is 18.2 Å². The van der Waals surface area contributed by atoms with Crippen molar-refractivity contribution in [1.29, 1.82) is 0 Å². The fraction of sp³-hybridized carbons (Fsp3) is 0.0769. The minimum atomic E-state index is -3.39. The minimum absolute atomic E-state index is 0.00409. The van der Waals surface area contributed by atoms with Gasteiger partial charge in [-0.1, -0.05) is 29.8 Å². The Hall–Kier alpha value is -1.39. The van der Waals surface area contributed by atoms with Gasteiger partial charge in [0, 0.05) is 11.8 Å². The van der Waals surface area contributed by atoms with Gasteiger partial charge in [-0.15, -0.1) is 0 Å². The summed E-state index contributed by atoms with van der Waals surface area (Å²) < 4.78 is 36.7. The Labute approximate surface area is 110 Å². The number of halogens is 2. The average molecular weight is 284 g/mol. The second-order valence-electron chi connectivity index (χ2n) is 3.81. The van der Waals surface area contributed by atoms with Crippen molar-refractivity contribution >= 4 is 21.4 Å². The molecule has 0 saturated carbocycles. The molecule has 0 saturated heterocycles. The van der Waals surface area contributed by atoms with E-state index in [1.807, 2.05) is 0 Å². The van der Waals surface area contributed by atoms with Crippen LogP contribution in [0.1, 0.15) is 0 Å². The second kappa shape index (κ2) is 4.71. The number of rotatable bonds is 2. The maximum absolute atomic E-state index is 13.4. The fourth-order valence-corrected chi connectivity index (χ4v) is 2.60. The molecule has 0 aliphatic heterocycles. The van der Waals surface area contributed by atoms with Gasteiger partial charge in [-0.3, -0.25) is 0 Å². The summed E-state index contributed by atoms with van der Waals surface area (Å²) >= 11 is 5.59. The number of hydrogen-bond donors (Lipinski definition) is 0. The van der Waals surface area contributed by atoms with Crippen LogP contribution in [0.3, 0.4) is 0 Å². The smallest absolute Gasteiger partial charge is 0.176 e. The van der Waals surface area contributed by atoms with Gasteiger partial charge in [0.05, 0.1) is 9.92 Å². The van der Waals surface area contributed by atoms with Crippen molar-refractivity contribution in [3.63, 3.8) is 0 Å². The third-order valence-electron chi connectivity index (χ3n) is 2.43. The number of benzene rings is 2. The van der Waals surface area contributed by atoms with Crippen LogP contribution in [0.15, 0.2) is 41.3 Å². The molecule has 2 aromatic carbocycles. The van der Waals surface area contributed by atoms with E-state index in [2.05, 4.69) is 6.07 Å². The molecule has 2 aromatic rings. The summed E-state index contributed by atoms with van der Waals surface area (Å²) in [6, 6.07) is 11.6. The van der Waals surface area contributed by atoms with E-state index >= 15 is 0 Å². The lowest BCUT2D eigenvalue weighted by atomic mass is 10.1. The van der Waals surface area contributed by atoms with E-state index in [1.54, 1.807) is 18.2 Å². The molecule has 0 aliphatic rings. The molecule has 0 N–H and O–H groups in total. The zero-order chi connectivity index (χ0) is 13.3. The van der Waals surface area contributed by atoms with E-state index in [0.717, 1.165) is 6.26 Å². The lowest BCUT2D eigenvalue weighted by Gasteiger charge is -2.08. The van der Waals surface area contributed by atoms with Crippen molar-refractivity contribution in [1.82, 2.24) is 0 Å². The third kappa shape index (κ3) is 2.54. The molecule has 1 radical (unpaired) electrons. The van der Waals surface area contributed by atoms with Gasteiger partial charge in [0.2, 0.25) is 0 Å². The first-order chi connectivity index (χ1) is 8.39. The Morgan fingerprint density at radius 2 is 2.00 bits per heavy atom. The van der Waals surface area contributed by atoms with E-state index in [9.17, 15) is 12.8 Å². The van der Waals surface area contributed by atoms with Crippen molar-refractivity contribution in [2.45, 2.75) is 4.90 Å². The molecule has 2 rings (SSSR count). The van der Waals surface area contributed by atoms with Gasteiger partial charge in [-0.2, -0.15) is 0 Å². The first-order valence-electron chi connectivity index (χ1n) is 5.06. The van der Waals surface area contributed by atoms with E-state index < -0.39 is 15.7 Å². The average Bonchev–Trinajstić information content (AvgIpc) is 2.32. The Morgan fingerprint density at radius 1 is 1.28 bits per heavy atom. The van der Waals surface area contributed by atoms with Crippen LogP contribution in [0, 0.1) is 11.9 Å². The van der Waals surface area contributed by atoms with Gasteiger partial charge in [0.15, 0.2) is 9.84 Å². The highest BCUT2D eigenvalue weighted by atomic mass is 35.5. The van der Waals surface area contributed by atoms with Crippen molar-refractivity contribution in [2.24, 2.45) is 0 Å². The van der Waals surface area contributed by atoms with Gasteiger partial charge in [-0.25, -0.2) is 12.8 Å². The molecule has 18 heavy (non-hydrogen) atoms. The largest absolute Gasteiger partial charge is 0.224 e. The quantitative estimate of drug-likeness (QED) is 0.847. The van der Waals surface area contributed by atoms with Crippen molar-refractivity contribution in [3.05, 3.63) is 53.3 Å². The maximum Gasteiger partial charge on any atom is 0.176 e. The van der Waals surface area contributed by atoms with E-state index in [-0.39, 0.29) is 9.92 Å². The Balaban J connectivity index is 2.68. The molecule has 93 valence electrons. The first kappa shape index (κ1) is 13.1. The predicted molar refractivity (Wildman–Crippen MR) is 68.8 cm³/mol. The van der Waals surface area contributed by atoms with Gasteiger partial charge in [-0.05, 0) is 29.8 Å². The Bertz CT molecular complexity index is 696. The summed E-state index contributed by atoms with van der Waals surface area (Å²) in [4.78, 5) is 0.117. The summed E-state index contributed by atoms with van der Waals surface area (Å²) in [5.74, 6) is -0.592. The Kier molecular flexibility index (Phi) is 3.41. The van der Waals surface area contributed by atoms with Crippen LogP contribution in [-0.4, -0.2) is 14.7 Å². The molecule has 5 heteroatoms. The molecule has 0 heterocycles. The summed E-state index contributed by atoms with van der Waals surface area (Å²) in [6.45, 7) is 0. The molecule has 0 amide bonds. The molecular formula is C13H9ClFO2S. The summed E-state index contributed by atoms with van der Waals surface area (Å²) in [7, 11) is -3.39. The molecule has 0 aromatic heterocycles. The van der Waals surface area contributed by atoms with Crippen molar-refractivity contribution < 1.29 is 12.8 Å². The Morgan fingerprint density at radius 3 is 2.61 bits per heavy atom. The van der Waals surface area contributed by atoms with Crippen LogP contribution in [0.25, 0.3) is 11.1 Å². The zero-order valence-corrected chi connectivity index (χ0v) is 11.0. The highest BCUT2D eigenvalue weighted by Crippen LogP contribution is 2.29. The van der Waals surface area contributed by atoms with Gasteiger partial charge in [0.1, 0.15) is 5.82 Å². The van der Waals surface area contributed by atoms with Crippen molar-refractivity contribution in [3.8, 4) is 11.1 Å². The normalized spacial score (nSPS) is 11.5. The third-order valence-corrected chi connectivity index (χ3v) is 3.87. The summed E-state index contributed by atoms with van der Waals surface area (Å²) in [5.41, 5.74) is 0.772. The van der Waals surface area contributed by atoms with Crippen LogP contribution in [0.4, 0.5) is 4.39 Å². The standard InChI is InChI=1S/C13H9ClFO2S/c1-18(16,17)13-5-3-2-4-10(13)9-6-7-11(14)12(15)8-9/h2-3,5-8H,1H3. The molecule has 0 atom stereocenters. The number of sulfone groups is 1. The highest BCUT2D eigenvalue weighted by molar-refractivity contribution is 7.90. The maximum atomic E-state index is 13.4. The molecule has 0 fully saturated rings. The lowest BCUT2D eigenvalue weighted by molar-refractivity contribution is 0.602. The summed E-state index contributed by atoms with van der Waals surface area (Å²) in [5, 5.41) is -0.00409. The number of hydrogen-bond acceptors (Lipinski definition) is 2. The van der Waals surface area contributed by atoms with Crippen LogP contribution in [-0.2, 0) is 9.84 Å². The van der Waals surface area contributed by atoms with Crippen molar-refractivity contribution in [2.75, 3.05) is 6.26 Å². The monoisotopic (exact) mass is 283 g/mol. The predicted octanol–water partition coefficient (Wildman–Crippen LogP) is 3.35. The molecule has 0 bridgehead atoms. The lowest BCUT2D eigenvalue weighted by Crippen LogP contribution is -1.99. The molecule has 2 nitrogen and oxygen atoms in total. The molecule has 0 aliphatic carbocycles. The van der Waals surface area contributed by atoms with Crippen LogP contribution < -0.4 is 0 Å². The van der Waals surface area contributed by atoms with Crippen LogP contribution >= 0.6 is 11.6 Å². The summed E-state index contributed by atoms with van der Waals surface area (Å²) in [6.07, 6.45) is 1.10.